The number of hydrogen-bond donors (Lipinski definition) is 1. The molecule has 0 aliphatic rings. The van der Waals surface area contributed by atoms with E-state index in [-0.39, 0.29) is 5.91 Å². The fourth-order valence-corrected chi connectivity index (χ4v) is 4.08. The van der Waals surface area contributed by atoms with Gasteiger partial charge in [-0.2, -0.15) is 0 Å². The van der Waals surface area contributed by atoms with Gasteiger partial charge in [0.2, 0.25) is 5.89 Å². The minimum Gasteiger partial charge on any atom is -0.436 e. The van der Waals surface area contributed by atoms with Gasteiger partial charge in [-0.05, 0) is 89.0 Å². The van der Waals surface area contributed by atoms with Gasteiger partial charge in [0.15, 0.2) is 5.58 Å². The fourth-order valence-electron chi connectivity index (χ4n) is 3.23. The zero-order chi connectivity index (χ0) is 22.1. The Hall–Kier alpha value is -2.09. The summed E-state index contributed by atoms with van der Waals surface area (Å²) in [6.45, 7) is 4.35. The highest BCUT2D eigenvalue weighted by atomic mass is 127. The van der Waals surface area contributed by atoms with E-state index >= 15 is 0 Å². The number of fused-ring (bicyclic) bond motifs is 1. The van der Waals surface area contributed by atoms with E-state index in [1.807, 2.05) is 18.2 Å². The van der Waals surface area contributed by atoms with Crippen molar-refractivity contribution in [3.63, 3.8) is 0 Å². The molecule has 0 spiro atoms. The molecule has 0 saturated carbocycles. The lowest BCUT2D eigenvalue weighted by Crippen LogP contribution is -2.13. The van der Waals surface area contributed by atoms with Crippen molar-refractivity contribution >= 4 is 68.5 Å². The van der Waals surface area contributed by atoms with Crippen molar-refractivity contribution in [3.05, 3.63) is 79.3 Å². The summed E-state index contributed by atoms with van der Waals surface area (Å²) in [4.78, 5) is 17.4. The number of benzene rings is 3. The molecule has 1 aromatic heterocycles. The summed E-state index contributed by atoms with van der Waals surface area (Å²) in [5.41, 5.74) is 4.31. The predicted molar refractivity (Wildman–Crippen MR) is 135 cm³/mol. The first-order valence-electron chi connectivity index (χ1n) is 9.82. The molecule has 3 aromatic carbocycles. The van der Waals surface area contributed by atoms with Gasteiger partial charge in [0.05, 0.1) is 21.3 Å². The number of oxazole rings is 1. The van der Waals surface area contributed by atoms with Gasteiger partial charge in [-0.15, -0.1) is 0 Å². The zero-order valence-electron chi connectivity index (χ0n) is 16.9. The van der Waals surface area contributed by atoms with Crippen LogP contribution in [0.3, 0.4) is 0 Å². The van der Waals surface area contributed by atoms with E-state index in [1.165, 1.54) is 5.56 Å². The normalized spacial score (nSPS) is 12.2. The summed E-state index contributed by atoms with van der Waals surface area (Å²) in [6, 6.07) is 16.6. The average molecular weight is 565 g/mol. The minimum absolute atomic E-state index is 0.335. The van der Waals surface area contributed by atoms with Crippen LogP contribution >= 0.6 is 45.8 Å². The van der Waals surface area contributed by atoms with Gasteiger partial charge in [-0.25, -0.2) is 4.98 Å². The third kappa shape index (κ3) is 4.73. The number of aromatic nitrogens is 1. The zero-order valence-corrected chi connectivity index (χ0v) is 20.5. The standard InChI is InChI=1S/C24H19Cl2IN2O2/c1-3-13(2)14-5-9-22-21(10-14)29-24(31-22)15-4-7-19(26)20(11-15)28-23(30)17-12-16(27)6-8-18(17)25/h4-13H,3H2,1-2H3,(H,28,30)/t13-/m1/s1. The first-order chi connectivity index (χ1) is 14.9. The van der Waals surface area contributed by atoms with Crippen molar-refractivity contribution in [1.29, 1.82) is 0 Å². The second-order valence-corrected chi connectivity index (χ2v) is 9.39. The topological polar surface area (TPSA) is 55.1 Å². The maximum absolute atomic E-state index is 12.8. The Labute approximate surface area is 204 Å². The van der Waals surface area contributed by atoms with Crippen LogP contribution in [-0.4, -0.2) is 10.9 Å². The van der Waals surface area contributed by atoms with Crippen molar-refractivity contribution < 1.29 is 9.21 Å². The molecule has 158 valence electrons. The van der Waals surface area contributed by atoms with Crippen molar-refractivity contribution in [2.24, 2.45) is 0 Å². The molecular formula is C24H19Cl2IN2O2. The highest BCUT2D eigenvalue weighted by Crippen LogP contribution is 2.32. The van der Waals surface area contributed by atoms with Crippen LogP contribution < -0.4 is 5.32 Å². The van der Waals surface area contributed by atoms with Gasteiger partial charge in [-0.1, -0.05) is 43.1 Å². The van der Waals surface area contributed by atoms with Crippen LogP contribution in [-0.2, 0) is 0 Å². The summed E-state index contributed by atoms with van der Waals surface area (Å²) < 4.78 is 6.87. The summed E-state index contributed by atoms with van der Waals surface area (Å²) >= 11 is 14.7. The van der Waals surface area contributed by atoms with Crippen LogP contribution in [0.1, 0.15) is 42.1 Å². The Balaban J connectivity index is 1.66. The van der Waals surface area contributed by atoms with Crippen LogP contribution in [0.2, 0.25) is 10.0 Å². The molecule has 0 unspecified atom stereocenters. The van der Waals surface area contributed by atoms with Crippen LogP contribution in [0, 0.1) is 3.57 Å². The highest BCUT2D eigenvalue weighted by Gasteiger charge is 2.16. The third-order valence-electron chi connectivity index (χ3n) is 5.23. The maximum atomic E-state index is 12.8. The van der Waals surface area contributed by atoms with Crippen LogP contribution in [0.5, 0.6) is 0 Å². The van der Waals surface area contributed by atoms with E-state index in [9.17, 15) is 4.79 Å². The van der Waals surface area contributed by atoms with Crippen molar-refractivity contribution in [2.75, 3.05) is 5.32 Å². The first kappa shape index (κ1) is 22.1. The van der Waals surface area contributed by atoms with Crippen molar-refractivity contribution in [3.8, 4) is 11.5 Å². The molecule has 0 saturated heterocycles. The molecule has 4 rings (SSSR count). The van der Waals surface area contributed by atoms with E-state index in [0.717, 1.165) is 21.1 Å². The molecular weight excluding hydrogens is 546 g/mol. The molecule has 0 aliphatic heterocycles. The Bertz CT molecular complexity index is 1290. The predicted octanol–water partition coefficient (Wildman–Crippen LogP) is 8.17. The average Bonchev–Trinajstić information content (AvgIpc) is 3.19. The number of halogens is 3. The highest BCUT2D eigenvalue weighted by molar-refractivity contribution is 14.1. The molecule has 0 fully saturated rings. The van der Waals surface area contributed by atoms with Gasteiger partial charge in [-0.3, -0.25) is 4.79 Å². The molecule has 0 radical (unpaired) electrons. The Morgan fingerprint density at radius 3 is 2.65 bits per heavy atom. The maximum Gasteiger partial charge on any atom is 0.257 e. The van der Waals surface area contributed by atoms with Crippen molar-refractivity contribution in [2.45, 2.75) is 26.2 Å². The summed E-state index contributed by atoms with van der Waals surface area (Å²) in [5.74, 6) is 0.587. The number of carbonyl (C=O) groups is 1. The number of nitrogens with one attached hydrogen (secondary N) is 1. The lowest BCUT2D eigenvalue weighted by molar-refractivity contribution is 0.102. The first-order valence-corrected chi connectivity index (χ1v) is 11.7. The minimum atomic E-state index is -0.335. The number of hydrogen-bond acceptors (Lipinski definition) is 3. The second kappa shape index (κ2) is 9.18. The fraction of sp³-hybridized carbons (Fsp3) is 0.167. The molecule has 0 bridgehead atoms. The molecule has 4 aromatic rings. The molecule has 1 atom stereocenters. The monoisotopic (exact) mass is 564 g/mol. The van der Waals surface area contributed by atoms with Crippen LogP contribution in [0.25, 0.3) is 22.6 Å². The second-order valence-electron chi connectivity index (χ2n) is 7.33. The van der Waals surface area contributed by atoms with E-state index in [2.05, 4.69) is 58.9 Å². The SMILES string of the molecule is CC[C@@H](C)c1ccc2oc(-c3ccc(Cl)c(NC(=O)c4cc(I)ccc4Cl)c3)nc2c1. The lowest BCUT2D eigenvalue weighted by Gasteiger charge is -2.10. The number of amides is 1. The number of carbonyl (C=O) groups excluding carboxylic acids is 1. The summed E-state index contributed by atoms with van der Waals surface area (Å²) in [6.07, 6.45) is 1.06. The van der Waals surface area contributed by atoms with Gasteiger partial charge in [0.1, 0.15) is 5.52 Å². The molecule has 0 aliphatic carbocycles. The van der Waals surface area contributed by atoms with Gasteiger partial charge in [0.25, 0.3) is 5.91 Å². The van der Waals surface area contributed by atoms with Crippen LogP contribution in [0.4, 0.5) is 5.69 Å². The molecule has 1 heterocycles. The van der Waals surface area contributed by atoms with Gasteiger partial charge >= 0.3 is 0 Å². The van der Waals surface area contributed by atoms with Crippen molar-refractivity contribution in [1.82, 2.24) is 4.98 Å². The van der Waals surface area contributed by atoms with Crippen LogP contribution in [0.15, 0.2) is 59.0 Å². The summed E-state index contributed by atoms with van der Waals surface area (Å²) in [5, 5.41) is 3.63. The molecule has 31 heavy (non-hydrogen) atoms. The Morgan fingerprint density at radius 1 is 1.10 bits per heavy atom. The number of nitrogens with zero attached hydrogens (tertiary/aromatic N) is 1. The molecule has 1 amide bonds. The smallest absolute Gasteiger partial charge is 0.257 e. The summed E-state index contributed by atoms with van der Waals surface area (Å²) in [7, 11) is 0. The largest absolute Gasteiger partial charge is 0.436 e. The number of rotatable bonds is 5. The molecule has 4 nitrogen and oxygen atoms in total. The number of anilines is 1. The molecule has 7 heteroatoms. The third-order valence-corrected chi connectivity index (χ3v) is 6.56. The Kier molecular flexibility index (Phi) is 6.55. The Morgan fingerprint density at radius 2 is 1.87 bits per heavy atom. The molecule has 1 N–H and O–H groups in total. The lowest BCUT2D eigenvalue weighted by atomic mass is 9.98. The van der Waals surface area contributed by atoms with Gasteiger partial charge in [0, 0.05) is 9.13 Å². The van der Waals surface area contributed by atoms with E-state index in [0.29, 0.717) is 38.7 Å². The van der Waals surface area contributed by atoms with Gasteiger partial charge < -0.3 is 9.73 Å². The van der Waals surface area contributed by atoms with E-state index in [4.69, 9.17) is 27.6 Å². The van der Waals surface area contributed by atoms with E-state index in [1.54, 1.807) is 24.3 Å². The van der Waals surface area contributed by atoms with E-state index < -0.39 is 0 Å². The quantitative estimate of drug-likeness (QED) is 0.249.